The van der Waals surface area contributed by atoms with E-state index in [0.29, 0.717) is 28.2 Å². The lowest BCUT2D eigenvalue weighted by atomic mass is 10.1. The Morgan fingerprint density at radius 2 is 0.957 bits per heavy atom. The van der Waals surface area contributed by atoms with E-state index in [1.807, 2.05) is 72.8 Å². The van der Waals surface area contributed by atoms with E-state index in [0.717, 1.165) is 33.0 Å². The zero-order chi connectivity index (χ0) is 33.5. The standard InChI is InChI=1S/C18H16N4O2.C17H14N4O2/c1-24-17(23)13-7-4-11(5-8-13)2-3-12-6-9-15-14(10-12)16(19)22-18(20)21-15;18-15-13-9-11(5-8-14(13)20-17(19)21-15)2-1-10-3-6-12(7-4-10)16(22)23/h2-10H,1H3,(H4,19,20,21,22);1-9H,(H,22,23)(H4,18,19,20,21). The Morgan fingerprint density at radius 3 is 1.36 bits per heavy atom. The van der Waals surface area contributed by atoms with Crippen molar-refractivity contribution in [3.8, 4) is 0 Å². The molecule has 12 nitrogen and oxygen atoms in total. The molecule has 0 spiro atoms. The molecule has 6 rings (SSSR count). The number of carboxylic acid groups (broad SMARTS) is 1. The molecule has 0 aliphatic carbocycles. The molecule has 0 aliphatic heterocycles. The minimum atomic E-state index is -0.940. The summed E-state index contributed by atoms with van der Waals surface area (Å²) in [7, 11) is 1.36. The Kier molecular flexibility index (Phi) is 9.32. The van der Waals surface area contributed by atoms with Gasteiger partial charge in [-0.3, -0.25) is 0 Å². The fraction of sp³-hybridized carbons (Fsp3) is 0.0286. The molecule has 0 amide bonds. The van der Waals surface area contributed by atoms with E-state index in [-0.39, 0.29) is 23.4 Å². The van der Waals surface area contributed by atoms with Gasteiger partial charge in [0.2, 0.25) is 11.9 Å². The number of rotatable bonds is 6. The third kappa shape index (κ3) is 7.83. The number of anilines is 4. The van der Waals surface area contributed by atoms with Gasteiger partial charge in [0.05, 0.1) is 29.3 Å². The van der Waals surface area contributed by atoms with Crippen LogP contribution in [0.1, 0.15) is 43.0 Å². The Morgan fingerprint density at radius 1 is 0.574 bits per heavy atom. The summed E-state index contributed by atoms with van der Waals surface area (Å²) in [6.07, 6.45) is 7.69. The highest BCUT2D eigenvalue weighted by Gasteiger charge is 2.06. The van der Waals surface area contributed by atoms with Crippen LogP contribution in [0.4, 0.5) is 23.5 Å². The monoisotopic (exact) mass is 626 g/mol. The van der Waals surface area contributed by atoms with Gasteiger partial charge in [0.25, 0.3) is 0 Å². The van der Waals surface area contributed by atoms with Gasteiger partial charge in [-0.1, -0.05) is 60.7 Å². The SMILES string of the molecule is COC(=O)c1ccc(C=Cc2ccc3nc(N)nc(N)c3c2)cc1.Nc1nc(N)c2cc(C=Cc3ccc(C(=O)O)cc3)ccc2n1. The van der Waals surface area contributed by atoms with Crippen LogP contribution in [-0.4, -0.2) is 44.1 Å². The van der Waals surface area contributed by atoms with Crippen molar-refractivity contribution in [3.63, 3.8) is 0 Å². The predicted molar refractivity (Wildman–Crippen MR) is 186 cm³/mol. The average molecular weight is 627 g/mol. The van der Waals surface area contributed by atoms with Crippen molar-refractivity contribution < 1.29 is 19.4 Å². The first-order valence-corrected chi connectivity index (χ1v) is 14.1. The molecule has 9 N–H and O–H groups in total. The van der Waals surface area contributed by atoms with Gasteiger partial charge in [0.15, 0.2) is 0 Å². The van der Waals surface area contributed by atoms with Crippen molar-refractivity contribution in [1.29, 1.82) is 0 Å². The van der Waals surface area contributed by atoms with E-state index in [1.165, 1.54) is 7.11 Å². The van der Waals surface area contributed by atoms with Gasteiger partial charge in [0.1, 0.15) is 11.6 Å². The second-order valence-electron chi connectivity index (χ2n) is 10.2. The largest absolute Gasteiger partial charge is 0.478 e. The first-order valence-electron chi connectivity index (χ1n) is 14.1. The maximum absolute atomic E-state index is 11.4. The zero-order valence-electron chi connectivity index (χ0n) is 25.2. The second kappa shape index (κ2) is 13.9. The number of hydrogen-bond acceptors (Lipinski definition) is 11. The van der Waals surface area contributed by atoms with Crippen LogP contribution < -0.4 is 22.9 Å². The highest BCUT2D eigenvalue weighted by atomic mass is 16.5. The molecular formula is C35H30N8O4. The number of carbonyl (C=O) groups excluding carboxylic acids is 1. The van der Waals surface area contributed by atoms with Crippen molar-refractivity contribution in [1.82, 2.24) is 19.9 Å². The molecule has 0 atom stereocenters. The molecule has 0 saturated heterocycles. The molecule has 2 aromatic heterocycles. The number of aromatic carboxylic acids is 1. The van der Waals surface area contributed by atoms with Gasteiger partial charge < -0.3 is 32.8 Å². The number of aromatic nitrogens is 4. The van der Waals surface area contributed by atoms with Crippen LogP contribution >= 0.6 is 0 Å². The normalized spacial score (nSPS) is 11.1. The second-order valence-corrected chi connectivity index (χ2v) is 10.2. The zero-order valence-corrected chi connectivity index (χ0v) is 25.2. The van der Waals surface area contributed by atoms with Crippen LogP contribution in [0.15, 0.2) is 84.9 Å². The molecule has 0 saturated carbocycles. The summed E-state index contributed by atoms with van der Waals surface area (Å²) in [5, 5.41) is 10.4. The smallest absolute Gasteiger partial charge is 0.337 e. The molecule has 6 aromatic rings. The van der Waals surface area contributed by atoms with Crippen LogP contribution in [-0.2, 0) is 4.74 Å². The number of nitrogen functional groups attached to an aromatic ring is 4. The fourth-order valence-electron chi connectivity index (χ4n) is 4.55. The molecular weight excluding hydrogens is 596 g/mol. The summed E-state index contributed by atoms with van der Waals surface area (Å²) in [6, 6.07) is 25.1. The third-order valence-electron chi connectivity index (χ3n) is 6.96. The average Bonchev–Trinajstić information content (AvgIpc) is 3.07. The van der Waals surface area contributed by atoms with Crippen molar-refractivity contribution in [2.45, 2.75) is 0 Å². The Labute approximate surface area is 269 Å². The van der Waals surface area contributed by atoms with Crippen molar-refractivity contribution >= 4 is 81.6 Å². The number of carbonyl (C=O) groups is 2. The lowest BCUT2D eigenvalue weighted by molar-refractivity contribution is 0.0599. The van der Waals surface area contributed by atoms with E-state index < -0.39 is 5.97 Å². The Bertz CT molecular complexity index is 2160. The molecule has 4 aromatic carbocycles. The summed E-state index contributed by atoms with van der Waals surface area (Å²) >= 11 is 0. The molecule has 234 valence electrons. The number of esters is 1. The van der Waals surface area contributed by atoms with Gasteiger partial charge in [-0.15, -0.1) is 0 Å². The summed E-state index contributed by atoms with van der Waals surface area (Å²) in [5.74, 6) is -0.283. The lowest BCUT2D eigenvalue weighted by Gasteiger charge is -2.03. The van der Waals surface area contributed by atoms with E-state index in [1.54, 1.807) is 36.4 Å². The summed E-state index contributed by atoms with van der Waals surface area (Å²) in [5.41, 5.74) is 28.9. The number of ether oxygens (including phenoxy) is 1. The third-order valence-corrected chi connectivity index (χ3v) is 6.96. The Balaban J connectivity index is 0.000000185. The van der Waals surface area contributed by atoms with Gasteiger partial charge in [0, 0.05) is 10.8 Å². The van der Waals surface area contributed by atoms with Crippen molar-refractivity contribution in [2.24, 2.45) is 0 Å². The number of hydrogen-bond donors (Lipinski definition) is 5. The molecule has 0 fully saturated rings. The molecule has 0 radical (unpaired) electrons. The number of carboxylic acids is 1. The molecule has 0 aliphatic rings. The topological polar surface area (TPSA) is 219 Å². The minimum absolute atomic E-state index is 0.150. The van der Waals surface area contributed by atoms with Gasteiger partial charge >= 0.3 is 11.9 Å². The highest BCUT2D eigenvalue weighted by Crippen LogP contribution is 2.23. The quantitative estimate of drug-likeness (QED) is 0.116. The number of methoxy groups -OCH3 is 1. The van der Waals surface area contributed by atoms with Crippen LogP contribution in [0.3, 0.4) is 0 Å². The van der Waals surface area contributed by atoms with E-state index in [9.17, 15) is 9.59 Å². The predicted octanol–water partition coefficient (Wildman–Crippen LogP) is 5.41. The molecule has 12 heteroatoms. The molecule has 2 heterocycles. The first kappa shape index (κ1) is 31.6. The van der Waals surface area contributed by atoms with Gasteiger partial charge in [-0.2, -0.15) is 9.97 Å². The summed E-state index contributed by atoms with van der Waals surface area (Å²) < 4.78 is 4.68. The van der Waals surface area contributed by atoms with Crippen LogP contribution in [0.5, 0.6) is 0 Å². The van der Waals surface area contributed by atoms with Crippen molar-refractivity contribution in [2.75, 3.05) is 30.0 Å². The fourth-order valence-corrected chi connectivity index (χ4v) is 4.55. The highest BCUT2D eigenvalue weighted by molar-refractivity contribution is 5.93. The molecule has 0 unspecified atom stereocenters. The minimum Gasteiger partial charge on any atom is -0.478 e. The summed E-state index contributed by atoms with van der Waals surface area (Å²) in [4.78, 5) is 38.4. The first-order chi connectivity index (χ1) is 22.6. The van der Waals surface area contributed by atoms with E-state index >= 15 is 0 Å². The van der Waals surface area contributed by atoms with E-state index in [4.69, 9.17) is 28.0 Å². The van der Waals surface area contributed by atoms with Crippen LogP contribution in [0.25, 0.3) is 46.1 Å². The number of nitrogens with zero attached hydrogens (tertiary/aromatic N) is 4. The summed E-state index contributed by atoms with van der Waals surface area (Å²) in [6.45, 7) is 0. The van der Waals surface area contributed by atoms with E-state index in [2.05, 4.69) is 24.7 Å². The molecule has 47 heavy (non-hydrogen) atoms. The Hall–Kier alpha value is -6.82. The van der Waals surface area contributed by atoms with Crippen LogP contribution in [0, 0.1) is 0 Å². The lowest BCUT2D eigenvalue weighted by Crippen LogP contribution is -2.00. The van der Waals surface area contributed by atoms with Crippen molar-refractivity contribution in [3.05, 3.63) is 118 Å². The maximum Gasteiger partial charge on any atom is 0.337 e. The maximum atomic E-state index is 11.4. The number of benzene rings is 4. The number of nitrogens with two attached hydrogens (primary N) is 4. The van der Waals surface area contributed by atoms with Gasteiger partial charge in [-0.25, -0.2) is 19.6 Å². The number of fused-ring (bicyclic) bond motifs is 2. The van der Waals surface area contributed by atoms with Crippen LogP contribution in [0.2, 0.25) is 0 Å². The molecule has 0 bridgehead atoms. The van der Waals surface area contributed by atoms with Gasteiger partial charge in [-0.05, 0) is 70.8 Å².